The number of aryl methyl sites for hydroxylation is 1. The van der Waals surface area contributed by atoms with Crippen LogP contribution in [0.4, 0.5) is 0 Å². The molecular weight excluding hydrogens is 394 g/mol. The summed E-state index contributed by atoms with van der Waals surface area (Å²) in [6, 6.07) is 11.5. The molecule has 1 aliphatic heterocycles. The average molecular weight is 421 g/mol. The van der Waals surface area contributed by atoms with Gasteiger partial charge >= 0.3 is 0 Å². The van der Waals surface area contributed by atoms with Gasteiger partial charge in [-0.15, -0.1) is 0 Å². The van der Waals surface area contributed by atoms with Crippen LogP contribution >= 0.6 is 0 Å². The minimum absolute atomic E-state index is 0.151. The molecule has 2 heterocycles. The topological polar surface area (TPSA) is 85.5 Å². The van der Waals surface area contributed by atoms with Crippen LogP contribution in [0.1, 0.15) is 46.6 Å². The van der Waals surface area contributed by atoms with E-state index in [9.17, 15) is 4.79 Å². The van der Waals surface area contributed by atoms with Crippen LogP contribution in [0.2, 0.25) is 0 Å². The van der Waals surface area contributed by atoms with Crippen LogP contribution in [-0.4, -0.2) is 36.9 Å². The van der Waals surface area contributed by atoms with Crippen LogP contribution in [-0.2, 0) is 6.42 Å². The molecule has 0 spiro atoms. The van der Waals surface area contributed by atoms with Crippen molar-refractivity contribution in [2.24, 2.45) is 0 Å². The molecule has 3 aromatic rings. The lowest BCUT2D eigenvalue weighted by atomic mass is 10.00. The standard InChI is InChI=1S/C24H27N3O4/c1-14-22(19-9-8-18(29-3)13-21(19)30-4)26-27-23(14)24(28)25-15(2)16-7-10-20-17(12-16)6-5-11-31-20/h7-10,12-13,15H,5-6,11H2,1-4H3,(H,25,28)(H,26,27)/t15-/m1/s1. The molecule has 1 atom stereocenters. The van der Waals surface area contributed by atoms with Gasteiger partial charge in [0.25, 0.3) is 5.91 Å². The molecule has 1 aliphatic rings. The average Bonchev–Trinajstić information content (AvgIpc) is 3.19. The van der Waals surface area contributed by atoms with Crippen LogP contribution in [0.3, 0.4) is 0 Å². The second-order valence-corrected chi connectivity index (χ2v) is 7.65. The van der Waals surface area contributed by atoms with Crippen molar-refractivity contribution in [3.05, 3.63) is 58.8 Å². The van der Waals surface area contributed by atoms with Crippen molar-refractivity contribution in [2.75, 3.05) is 20.8 Å². The predicted octanol–water partition coefficient (Wildman–Crippen LogP) is 4.22. The van der Waals surface area contributed by atoms with Gasteiger partial charge in [0, 0.05) is 17.2 Å². The van der Waals surface area contributed by atoms with Crippen LogP contribution in [0.5, 0.6) is 17.2 Å². The fraction of sp³-hybridized carbons (Fsp3) is 0.333. The van der Waals surface area contributed by atoms with Gasteiger partial charge in [-0.1, -0.05) is 12.1 Å². The summed E-state index contributed by atoms with van der Waals surface area (Å²) in [6.07, 6.45) is 2.01. The summed E-state index contributed by atoms with van der Waals surface area (Å²) in [4.78, 5) is 13.0. The van der Waals surface area contributed by atoms with Crippen molar-refractivity contribution in [1.82, 2.24) is 15.5 Å². The molecular formula is C24H27N3O4. The normalized spacial score (nSPS) is 13.7. The summed E-state index contributed by atoms with van der Waals surface area (Å²) in [6.45, 7) is 4.61. The number of hydrogen-bond acceptors (Lipinski definition) is 5. The Morgan fingerprint density at radius 1 is 1.19 bits per heavy atom. The summed E-state index contributed by atoms with van der Waals surface area (Å²) >= 11 is 0. The number of aromatic amines is 1. The summed E-state index contributed by atoms with van der Waals surface area (Å²) in [5.41, 5.74) is 4.89. The zero-order valence-electron chi connectivity index (χ0n) is 18.2. The van der Waals surface area contributed by atoms with Crippen molar-refractivity contribution in [1.29, 1.82) is 0 Å². The highest BCUT2D eigenvalue weighted by atomic mass is 16.5. The molecule has 7 heteroatoms. The van der Waals surface area contributed by atoms with E-state index in [1.165, 1.54) is 5.56 Å². The molecule has 0 radical (unpaired) electrons. The Labute approximate surface area is 181 Å². The SMILES string of the molecule is COc1ccc(-c2n[nH]c(C(=O)N[C@H](C)c3ccc4c(c3)CCCO4)c2C)c(OC)c1. The number of nitrogens with zero attached hydrogens (tertiary/aromatic N) is 1. The zero-order valence-corrected chi connectivity index (χ0v) is 18.2. The number of rotatable bonds is 6. The largest absolute Gasteiger partial charge is 0.497 e. The zero-order chi connectivity index (χ0) is 22.0. The highest BCUT2D eigenvalue weighted by molar-refractivity contribution is 5.95. The van der Waals surface area contributed by atoms with Gasteiger partial charge in [0.2, 0.25) is 0 Å². The van der Waals surface area contributed by atoms with E-state index in [1.807, 2.05) is 38.1 Å². The first-order chi connectivity index (χ1) is 15.0. The van der Waals surface area contributed by atoms with E-state index >= 15 is 0 Å². The monoisotopic (exact) mass is 421 g/mol. The minimum Gasteiger partial charge on any atom is -0.497 e. The van der Waals surface area contributed by atoms with Crippen molar-refractivity contribution in [3.63, 3.8) is 0 Å². The third-order valence-electron chi connectivity index (χ3n) is 5.68. The molecule has 0 aliphatic carbocycles. The van der Waals surface area contributed by atoms with Gasteiger partial charge in [0.05, 0.1) is 32.6 Å². The quantitative estimate of drug-likeness (QED) is 0.623. The molecule has 0 unspecified atom stereocenters. The Morgan fingerprint density at radius 2 is 2.03 bits per heavy atom. The first-order valence-corrected chi connectivity index (χ1v) is 10.4. The summed E-state index contributed by atoms with van der Waals surface area (Å²) in [7, 11) is 3.20. The molecule has 1 amide bonds. The number of benzene rings is 2. The molecule has 0 fully saturated rings. The number of amides is 1. The van der Waals surface area contributed by atoms with E-state index in [1.54, 1.807) is 20.3 Å². The highest BCUT2D eigenvalue weighted by Gasteiger charge is 2.22. The van der Waals surface area contributed by atoms with Gasteiger partial charge in [0.15, 0.2) is 0 Å². The Bertz CT molecular complexity index is 1110. The van der Waals surface area contributed by atoms with Crippen molar-refractivity contribution in [3.8, 4) is 28.5 Å². The Balaban J connectivity index is 1.54. The van der Waals surface area contributed by atoms with E-state index < -0.39 is 0 Å². The number of hydrogen-bond donors (Lipinski definition) is 2. The van der Waals surface area contributed by atoms with Gasteiger partial charge < -0.3 is 19.5 Å². The molecule has 1 aromatic heterocycles. The second kappa shape index (κ2) is 8.71. The molecule has 0 bridgehead atoms. The third kappa shape index (κ3) is 4.08. The van der Waals surface area contributed by atoms with Crippen LogP contribution in [0.15, 0.2) is 36.4 Å². The van der Waals surface area contributed by atoms with Crippen LogP contribution < -0.4 is 19.5 Å². The molecule has 0 saturated heterocycles. The van der Waals surface area contributed by atoms with Gasteiger partial charge in [-0.3, -0.25) is 9.89 Å². The Kier molecular flexibility index (Phi) is 5.84. The Hall–Kier alpha value is -3.48. The van der Waals surface area contributed by atoms with Crippen LogP contribution in [0, 0.1) is 6.92 Å². The number of nitrogens with one attached hydrogen (secondary N) is 2. The summed E-state index contributed by atoms with van der Waals surface area (Å²) in [5, 5.41) is 10.3. The maximum atomic E-state index is 13.0. The maximum absolute atomic E-state index is 13.0. The molecule has 162 valence electrons. The van der Waals surface area contributed by atoms with Gasteiger partial charge in [-0.25, -0.2) is 0 Å². The number of carbonyl (C=O) groups is 1. The maximum Gasteiger partial charge on any atom is 0.270 e. The lowest BCUT2D eigenvalue weighted by Crippen LogP contribution is -2.27. The van der Waals surface area contributed by atoms with E-state index in [4.69, 9.17) is 14.2 Å². The highest BCUT2D eigenvalue weighted by Crippen LogP contribution is 2.35. The molecule has 7 nitrogen and oxygen atoms in total. The molecule has 0 saturated carbocycles. The smallest absolute Gasteiger partial charge is 0.270 e. The van der Waals surface area contributed by atoms with E-state index in [2.05, 4.69) is 21.6 Å². The van der Waals surface area contributed by atoms with Gasteiger partial charge in [-0.2, -0.15) is 5.10 Å². The molecule has 2 aromatic carbocycles. The number of H-pyrrole nitrogens is 1. The Morgan fingerprint density at radius 3 is 2.81 bits per heavy atom. The van der Waals surface area contributed by atoms with Crippen molar-refractivity contribution < 1.29 is 19.0 Å². The number of methoxy groups -OCH3 is 2. The minimum atomic E-state index is -0.204. The van der Waals surface area contributed by atoms with Gasteiger partial charge in [-0.05, 0) is 56.0 Å². The fourth-order valence-corrected chi connectivity index (χ4v) is 3.88. The second-order valence-electron chi connectivity index (χ2n) is 7.65. The number of carbonyl (C=O) groups excluding carboxylic acids is 1. The molecule has 31 heavy (non-hydrogen) atoms. The molecule has 2 N–H and O–H groups in total. The lowest BCUT2D eigenvalue weighted by Gasteiger charge is -2.20. The van der Waals surface area contributed by atoms with Crippen molar-refractivity contribution in [2.45, 2.75) is 32.7 Å². The first kappa shape index (κ1) is 20.8. The van der Waals surface area contributed by atoms with Crippen molar-refractivity contribution >= 4 is 5.91 Å². The number of fused-ring (bicyclic) bond motifs is 1. The first-order valence-electron chi connectivity index (χ1n) is 10.4. The molecule has 4 rings (SSSR count). The summed E-state index contributed by atoms with van der Waals surface area (Å²) in [5.74, 6) is 2.06. The van der Waals surface area contributed by atoms with E-state index in [0.717, 1.165) is 41.9 Å². The van der Waals surface area contributed by atoms with E-state index in [0.29, 0.717) is 22.9 Å². The summed E-state index contributed by atoms with van der Waals surface area (Å²) < 4.78 is 16.4. The fourth-order valence-electron chi connectivity index (χ4n) is 3.88. The number of aromatic nitrogens is 2. The number of ether oxygens (including phenoxy) is 3. The van der Waals surface area contributed by atoms with Gasteiger partial charge in [0.1, 0.15) is 22.9 Å². The predicted molar refractivity (Wildman–Crippen MR) is 118 cm³/mol. The van der Waals surface area contributed by atoms with Crippen LogP contribution in [0.25, 0.3) is 11.3 Å². The van der Waals surface area contributed by atoms with E-state index in [-0.39, 0.29) is 11.9 Å². The third-order valence-corrected chi connectivity index (χ3v) is 5.68. The lowest BCUT2D eigenvalue weighted by molar-refractivity contribution is 0.0934.